The summed E-state index contributed by atoms with van der Waals surface area (Å²) in [4.78, 5) is 0. The highest BCUT2D eigenvalue weighted by Crippen LogP contribution is 2.11. The van der Waals surface area contributed by atoms with E-state index in [2.05, 4.69) is 27.7 Å². The van der Waals surface area contributed by atoms with Crippen molar-refractivity contribution in [1.82, 2.24) is 0 Å². The molecule has 1 nitrogen and oxygen atoms in total. The average Bonchev–Trinajstić information content (AvgIpc) is 2.02. The predicted octanol–water partition coefficient (Wildman–Crippen LogP) is 3.63. The Kier molecular flexibility index (Phi) is 7.58. The minimum absolute atomic E-state index is 0.497. The van der Waals surface area contributed by atoms with Crippen LogP contribution in [0.4, 0.5) is 0 Å². The third kappa shape index (κ3) is 6.66. The van der Waals surface area contributed by atoms with Gasteiger partial charge in [0.1, 0.15) is 0 Å². The zero-order valence-electron chi connectivity index (χ0n) is 9.10. The molecule has 0 aromatic carbocycles. The van der Waals surface area contributed by atoms with Crippen LogP contribution in [0.15, 0.2) is 0 Å². The van der Waals surface area contributed by atoms with Gasteiger partial charge in [-0.2, -0.15) is 0 Å². The summed E-state index contributed by atoms with van der Waals surface area (Å²) in [7, 11) is 0. The lowest BCUT2D eigenvalue weighted by atomic mass is 10.0. The van der Waals surface area contributed by atoms with Gasteiger partial charge in [-0.05, 0) is 25.2 Å². The van der Waals surface area contributed by atoms with Crippen molar-refractivity contribution in [2.75, 3.05) is 6.61 Å². The first kappa shape index (κ1) is 12.0. The number of ether oxygens (including phenoxy) is 1. The maximum absolute atomic E-state index is 5.74. The van der Waals surface area contributed by atoms with Gasteiger partial charge in [-0.1, -0.05) is 34.1 Å². The van der Waals surface area contributed by atoms with Crippen molar-refractivity contribution in [2.24, 2.45) is 5.92 Å². The molecule has 0 spiro atoms. The van der Waals surface area contributed by atoms with E-state index < -0.39 is 0 Å². The number of hydrogen-bond acceptors (Lipinski definition) is 1. The summed E-state index contributed by atoms with van der Waals surface area (Å²) in [5.41, 5.74) is 0. The summed E-state index contributed by atoms with van der Waals surface area (Å²) in [5.74, 6) is 0.761. The van der Waals surface area contributed by atoms with Crippen molar-refractivity contribution >= 4 is 0 Å². The van der Waals surface area contributed by atoms with E-state index in [1.165, 1.54) is 19.3 Å². The third-order valence-corrected chi connectivity index (χ3v) is 2.04. The fourth-order valence-electron chi connectivity index (χ4n) is 1.27. The Balaban J connectivity index is 3.39. The molecule has 1 heteroatoms. The van der Waals surface area contributed by atoms with Crippen molar-refractivity contribution in [3.63, 3.8) is 0 Å². The Morgan fingerprint density at radius 1 is 1.17 bits per heavy atom. The van der Waals surface area contributed by atoms with Gasteiger partial charge in [0, 0.05) is 6.61 Å². The van der Waals surface area contributed by atoms with Crippen molar-refractivity contribution in [2.45, 2.75) is 59.5 Å². The number of hydrogen-bond donors (Lipinski definition) is 0. The van der Waals surface area contributed by atoms with E-state index in [4.69, 9.17) is 4.74 Å². The highest BCUT2D eigenvalue weighted by Gasteiger charge is 2.07. The summed E-state index contributed by atoms with van der Waals surface area (Å²) in [6.45, 7) is 9.87. The maximum Gasteiger partial charge on any atom is 0.0575 e. The van der Waals surface area contributed by atoms with E-state index in [1.54, 1.807) is 0 Å². The lowest BCUT2D eigenvalue weighted by Crippen LogP contribution is -2.15. The van der Waals surface area contributed by atoms with Gasteiger partial charge >= 0.3 is 0 Å². The van der Waals surface area contributed by atoms with Gasteiger partial charge in [-0.3, -0.25) is 0 Å². The minimum Gasteiger partial charge on any atom is -0.378 e. The maximum atomic E-state index is 5.74. The van der Waals surface area contributed by atoms with Crippen LogP contribution in [0.2, 0.25) is 0 Å². The van der Waals surface area contributed by atoms with Crippen molar-refractivity contribution < 1.29 is 4.74 Å². The Bertz CT molecular complexity index is 89.0. The molecule has 12 heavy (non-hydrogen) atoms. The van der Waals surface area contributed by atoms with Gasteiger partial charge in [0.15, 0.2) is 0 Å². The zero-order chi connectivity index (χ0) is 9.40. The second-order valence-corrected chi connectivity index (χ2v) is 3.88. The molecule has 0 heterocycles. The number of rotatable bonds is 7. The van der Waals surface area contributed by atoms with Crippen molar-refractivity contribution in [1.29, 1.82) is 0 Å². The van der Waals surface area contributed by atoms with Gasteiger partial charge in [-0.25, -0.2) is 0 Å². The smallest absolute Gasteiger partial charge is 0.0575 e. The van der Waals surface area contributed by atoms with Crippen LogP contribution in [0, 0.1) is 5.92 Å². The molecule has 0 aromatic heterocycles. The lowest BCUT2D eigenvalue weighted by molar-refractivity contribution is 0.0352. The van der Waals surface area contributed by atoms with Crippen molar-refractivity contribution in [3.8, 4) is 0 Å². The van der Waals surface area contributed by atoms with Gasteiger partial charge in [0.05, 0.1) is 6.10 Å². The van der Waals surface area contributed by atoms with E-state index in [1.807, 2.05) is 0 Å². The van der Waals surface area contributed by atoms with Gasteiger partial charge in [0.2, 0.25) is 0 Å². The molecule has 0 N–H and O–H groups in total. The SMILES string of the molecule is CCCCOC(CC)CC(C)C. The third-order valence-electron chi connectivity index (χ3n) is 2.04. The molecule has 1 unspecified atom stereocenters. The van der Waals surface area contributed by atoms with Crippen LogP contribution in [-0.4, -0.2) is 12.7 Å². The zero-order valence-corrected chi connectivity index (χ0v) is 9.10. The Morgan fingerprint density at radius 2 is 1.83 bits per heavy atom. The standard InChI is InChI=1S/C11H24O/c1-5-7-8-12-11(6-2)9-10(3)4/h10-11H,5-9H2,1-4H3. The minimum atomic E-state index is 0.497. The first-order chi connectivity index (χ1) is 5.70. The molecule has 0 saturated heterocycles. The molecule has 1 atom stereocenters. The van der Waals surface area contributed by atoms with E-state index in [0.29, 0.717) is 6.10 Å². The summed E-state index contributed by atoms with van der Waals surface area (Å²) < 4.78 is 5.74. The Hall–Kier alpha value is -0.0400. The fourth-order valence-corrected chi connectivity index (χ4v) is 1.27. The van der Waals surface area contributed by atoms with Gasteiger partial charge in [-0.15, -0.1) is 0 Å². The predicted molar refractivity (Wildman–Crippen MR) is 54.4 cm³/mol. The molecule has 74 valence electrons. The lowest BCUT2D eigenvalue weighted by Gasteiger charge is -2.17. The average molecular weight is 172 g/mol. The molecule has 0 aliphatic heterocycles. The Morgan fingerprint density at radius 3 is 2.25 bits per heavy atom. The molecular formula is C11H24O. The molecule has 0 rings (SSSR count). The van der Waals surface area contributed by atoms with Gasteiger partial charge in [0.25, 0.3) is 0 Å². The highest BCUT2D eigenvalue weighted by atomic mass is 16.5. The van der Waals surface area contributed by atoms with Crippen LogP contribution in [0.25, 0.3) is 0 Å². The molecule has 0 aromatic rings. The fraction of sp³-hybridized carbons (Fsp3) is 1.00. The Labute approximate surface area is 77.5 Å². The molecule has 0 radical (unpaired) electrons. The summed E-state index contributed by atoms with van der Waals surface area (Å²) in [5, 5.41) is 0. The van der Waals surface area contributed by atoms with E-state index in [0.717, 1.165) is 18.9 Å². The van der Waals surface area contributed by atoms with E-state index in [9.17, 15) is 0 Å². The molecule has 0 fully saturated rings. The molecule has 0 saturated carbocycles. The molecular weight excluding hydrogens is 148 g/mol. The second-order valence-electron chi connectivity index (χ2n) is 3.88. The summed E-state index contributed by atoms with van der Waals surface area (Å²) >= 11 is 0. The molecule has 0 aliphatic rings. The first-order valence-corrected chi connectivity index (χ1v) is 5.32. The second kappa shape index (κ2) is 7.60. The van der Waals surface area contributed by atoms with Crippen LogP contribution in [0.1, 0.15) is 53.4 Å². The highest BCUT2D eigenvalue weighted by molar-refractivity contribution is 4.58. The first-order valence-electron chi connectivity index (χ1n) is 5.32. The topological polar surface area (TPSA) is 9.23 Å². The molecule has 0 aliphatic carbocycles. The molecule has 0 amide bonds. The normalized spacial score (nSPS) is 13.8. The van der Waals surface area contributed by atoms with E-state index in [-0.39, 0.29) is 0 Å². The summed E-state index contributed by atoms with van der Waals surface area (Å²) in [6.07, 6.45) is 5.30. The quantitative estimate of drug-likeness (QED) is 0.533. The number of unbranched alkanes of at least 4 members (excludes halogenated alkanes) is 1. The van der Waals surface area contributed by atoms with Crippen LogP contribution in [-0.2, 0) is 4.74 Å². The van der Waals surface area contributed by atoms with Crippen LogP contribution in [0.5, 0.6) is 0 Å². The monoisotopic (exact) mass is 172 g/mol. The van der Waals surface area contributed by atoms with Crippen molar-refractivity contribution in [3.05, 3.63) is 0 Å². The van der Waals surface area contributed by atoms with E-state index >= 15 is 0 Å². The largest absolute Gasteiger partial charge is 0.378 e. The molecule has 0 bridgehead atoms. The summed E-state index contributed by atoms with van der Waals surface area (Å²) in [6, 6.07) is 0. The van der Waals surface area contributed by atoms with Crippen LogP contribution in [0.3, 0.4) is 0 Å². The van der Waals surface area contributed by atoms with Gasteiger partial charge < -0.3 is 4.74 Å². The van der Waals surface area contributed by atoms with Crippen LogP contribution >= 0.6 is 0 Å². The van der Waals surface area contributed by atoms with Crippen LogP contribution < -0.4 is 0 Å².